The second-order valence-electron chi connectivity index (χ2n) is 3.92. The van der Waals surface area contributed by atoms with Crippen LogP contribution in [0.1, 0.15) is 16.8 Å². The van der Waals surface area contributed by atoms with Gasteiger partial charge in [-0.05, 0) is 43.2 Å². The minimum atomic E-state index is 0.808. The normalized spacial score (nSPS) is 10.3. The number of rotatable bonds is 3. The number of aryl methyl sites for hydroxylation is 2. The molecule has 1 heterocycles. The Morgan fingerprint density at radius 3 is 2.65 bits per heavy atom. The number of benzene rings is 1. The van der Waals surface area contributed by atoms with Gasteiger partial charge in [-0.2, -0.15) is 0 Å². The van der Waals surface area contributed by atoms with Crippen molar-refractivity contribution in [3.8, 4) is 11.5 Å². The molecule has 0 amide bonds. The van der Waals surface area contributed by atoms with Crippen molar-refractivity contribution in [1.82, 2.24) is 4.98 Å². The lowest BCUT2D eigenvalue weighted by Crippen LogP contribution is -1.92. The highest BCUT2D eigenvalue weighted by Crippen LogP contribution is 2.27. The van der Waals surface area contributed by atoms with Crippen LogP contribution in [-0.4, -0.2) is 4.98 Å². The molecule has 17 heavy (non-hydrogen) atoms. The summed E-state index contributed by atoms with van der Waals surface area (Å²) < 4.78 is 5.86. The van der Waals surface area contributed by atoms with Crippen molar-refractivity contribution in [2.45, 2.75) is 19.2 Å². The summed E-state index contributed by atoms with van der Waals surface area (Å²) in [5.41, 5.74) is 3.28. The van der Waals surface area contributed by atoms with Crippen molar-refractivity contribution < 1.29 is 4.74 Å². The molecule has 2 nitrogen and oxygen atoms in total. The number of hydrogen-bond acceptors (Lipinski definition) is 2. The average molecular weight is 292 g/mol. The molecular weight excluding hydrogens is 278 g/mol. The Kier molecular flexibility index (Phi) is 3.79. The lowest BCUT2D eigenvalue weighted by atomic mass is 10.1. The summed E-state index contributed by atoms with van der Waals surface area (Å²) in [4.78, 5) is 4.21. The van der Waals surface area contributed by atoms with Gasteiger partial charge in [0.2, 0.25) is 0 Å². The minimum Gasteiger partial charge on any atom is -0.455 e. The predicted octanol–water partition coefficient (Wildman–Crippen LogP) is 4.39. The highest BCUT2D eigenvalue weighted by atomic mass is 79.9. The molecule has 0 N–H and O–H groups in total. The molecule has 3 heteroatoms. The Balaban J connectivity index is 2.28. The molecule has 0 aliphatic rings. The van der Waals surface area contributed by atoms with Gasteiger partial charge in [0.15, 0.2) is 0 Å². The molecule has 0 fully saturated rings. The molecule has 0 spiro atoms. The highest BCUT2D eigenvalue weighted by molar-refractivity contribution is 9.08. The third-order valence-corrected chi connectivity index (χ3v) is 3.22. The van der Waals surface area contributed by atoms with Crippen molar-refractivity contribution in [3.63, 3.8) is 0 Å². The van der Waals surface area contributed by atoms with Crippen molar-refractivity contribution >= 4 is 15.9 Å². The van der Waals surface area contributed by atoms with E-state index in [1.165, 1.54) is 5.56 Å². The van der Waals surface area contributed by atoms with Gasteiger partial charge in [-0.15, -0.1) is 0 Å². The Hall–Kier alpha value is -1.35. The van der Waals surface area contributed by atoms with E-state index in [0.29, 0.717) is 0 Å². The van der Waals surface area contributed by atoms with Gasteiger partial charge in [0.25, 0.3) is 0 Å². The lowest BCUT2D eigenvalue weighted by Gasteiger charge is -2.10. The lowest BCUT2D eigenvalue weighted by molar-refractivity contribution is 0.472. The van der Waals surface area contributed by atoms with E-state index in [-0.39, 0.29) is 0 Å². The number of hydrogen-bond donors (Lipinski definition) is 0. The summed E-state index contributed by atoms with van der Waals surface area (Å²) in [7, 11) is 0. The van der Waals surface area contributed by atoms with Gasteiger partial charge in [-0.1, -0.05) is 28.1 Å². The molecule has 0 aliphatic heterocycles. The van der Waals surface area contributed by atoms with E-state index in [9.17, 15) is 0 Å². The fourth-order valence-electron chi connectivity index (χ4n) is 1.60. The fraction of sp³-hybridized carbons (Fsp3) is 0.214. The van der Waals surface area contributed by atoms with E-state index < -0.39 is 0 Å². The zero-order chi connectivity index (χ0) is 12.3. The molecule has 88 valence electrons. The number of alkyl halides is 1. The molecular formula is C14H14BrNO. The summed E-state index contributed by atoms with van der Waals surface area (Å²) in [6.45, 7) is 3.99. The summed E-state index contributed by atoms with van der Waals surface area (Å²) in [6.07, 6.45) is 1.77. The summed E-state index contributed by atoms with van der Waals surface area (Å²) >= 11 is 3.44. The fourth-order valence-corrected chi connectivity index (χ4v) is 1.95. The van der Waals surface area contributed by atoms with Crippen LogP contribution in [0.15, 0.2) is 36.5 Å². The van der Waals surface area contributed by atoms with Gasteiger partial charge in [-0.3, -0.25) is 4.98 Å². The molecule has 0 unspecified atom stereocenters. The van der Waals surface area contributed by atoms with Gasteiger partial charge >= 0.3 is 0 Å². The Morgan fingerprint density at radius 1 is 1.18 bits per heavy atom. The molecule has 0 saturated carbocycles. The first-order chi connectivity index (χ1) is 8.20. The monoisotopic (exact) mass is 291 g/mol. The van der Waals surface area contributed by atoms with Crippen LogP contribution in [0.4, 0.5) is 0 Å². The number of aromatic nitrogens is 1. The summed E-state index contributed by atoms with van der Waals surface area (Å²) in [6, 6.07) is 9.99. The predicted molar refractivity (Wildman–Crippen MR) is 72.9 cm³/mol. The maximum Gasteiger partial charge on any atom is 0.148 e. The van der Waals surface area contributed by atoms with Gasteiger partial charge < -0.3 is 4.74 Å². The highest BCUT2D eigenvalue weighted by Gasteiger charge is 2.04. The first-order valence-corrected chi connectivity index (χ1v) is 6.58. The zero-order valence-corrected chi connectivity index (χ0v) is 11.5. The smallest absolute Gasteiger partial charge is 0.148 e. The summed E-state index contributed by atoms with van der Waals surface area (Å²) in [5, 5.41) is 0.861. The first kappa shape index (κ1) is 12.1. The van der Waals surface area contributed by atoms with Crippen LogP contribution in [0.25, 0.3) is 0 Å². The van der Waals surface area contributed by atoms with E-state index in [1.807, 2.05) is 32.0 Å². The standard InChI is InChI=1S/C14H14BrNO/c1-10-8-12(9-15)5-6-13(10)17-14-4-3-7-16-11(14)2/h3-8H,9H2,1-2H3. The molecule has 0 atom stereocenters. The Bertz CT molecular complexity index is 525. The largest absolute Gasteiger partial charge is 0.455 e. The molecule has 0 aliphatic carbocycles. The molecule has 0 radical (unpaired) electrons. The number of pyridine rings is 1. The topological polar surface area (TPSA) is 22.1 Å². The van der Waals surface area contributed by atoms with Crippen molar-refractivity contribution in [1.29, 1.82) is 0 Å². The van der Waals surface area contributed by atoms with Crippen LogP contribution in [0.2, 0.25) is 0 Å². The van der Waals surface area contributed by atoms with Crippen molar-refractivity contribution in [3.05, 3.63) is 53.3 Å². The second kappa shape index (κ2) is 5.32. The van der Waals surface area contributed by atoms with E-state index >= 15 is 0 Å². The van der Waals surface area contributed by atoms with Crippen LogP contribution >= 0.6 is 15.9 Å². The van der Waals surface area contributed by atoms with Crippen LogP contribution < -0.4 is 4.74 Å². The third kappa shape index (κ3) is 2.86. The van der Waals surface area contributed by atoms with E-state index in [1.54, 1.807) is 6.20 Å². The molecule has 2 aromatic rings. The average Bonchev–Trinajstić information content (AvgIpc) is 2.34. The number of ether oxygens (including phenoxy) is 1. The SMILES string of the molecule is Cc1cc(CBr)ccc1Oc1cccnc1C. The van der Waals surface area contributed by atoms with Crippen LogP contribution in [0.5, 0.6) is 11.5 Å². The summed E-state index contributed by atoms with van der Waals surface area (Å²) in [5.74, 6) is 1.69. The van der Waals surface area contributed by atoms with Gasteiger partial charge in [0, 0.05) is 11.5 Å². The van der Waals surface area contributed by atoms with Crippen LogP contribution in [0.3, 0.4) is 0 Å². The molecule has 1 aromatic heterocycles. The second-order valence-corrected chi connectivity index (χ2v) is 4.48. The Labute approximate surface area is 110 Å². The maximum absolute atomic E-state index is 5.86. The molecule has 1 aromatic carbocycles. The minimum absolute atomic E-state index is 0.808. The number of halogens is 1. The van der Waals surface area contributed by atoms with E-state index in [4.69, 9.17) is 4.74 Å². The Morgan fingerprint density at radius 2 is 2.00 bits per heavy atom. The number of nitrogens with zero attached hydrogens (tertiary/aromatic N) is 1. The molecule has 2 rings (SSSR count). The first-order valence-electron chi connectivity index (χ1n) is 5.45. The molecule has 0 saturated heterocycles. The quantitative estimate of drug-likeness (QED) is 0.783. The molecule has 0 bridgehead atoms. The van der Waals surface area contributed by atoms with Crippen molar-refractivity contribution in [2.75, 3.05) is 0 Å². The third-order valence-electron chi connectivity index (χ3n) is 2.57. The van der Waals surface area contributed by atoms with Crippen LogP contribution in [-0.2, 0) is 5.33 Å². The van der Waals surface area contributed by atoms with E-state index in [2.05, 4.69) is 33.0 Å². The van der Waals surface area contributed by atoms with Gasteiger partial charge in [0.1, 0.15) is 11.5 Å². The van der Waals surface area contributed by atoms with E-state index in [0.717, 1.165) is 28.1 Å². The van der Waals surface area contributed by atoms with Crippen LogP contribution in [0, 0.1) is 13.8 Å². The van der Waals surface area contributed by atoms with Crippen molar-refractivity contribution in [2.24, 2.45) is 0 Å². The zero-order valence-electron chi connectivity index (χ0n) is 9.90. The van der Waals surface area contributed by atoms with Gasteiger partial charge in [0.05, 0.1) is 5.69 Å². The maximum atomic E-state index is 5.86. The van der Waals surface area contributed by atoms with Gasteiger partial charge in [-0.25, -0.2) is 0 Å².